The van der Waals surface area contributed by atoms with Crippen LogP contribution < -0.4 is 5.32 Å². The Labute approximate surface area is 186 Å². The van der Waals surface area contributed by atoms with E-state index in [1.165, 1.54) is 17.1 Å². The van der Waals surface area contributed by atoms with E-state index in [9.17, 15) is 0 Å². The number of nitrogens with one attached hydrogen (secondary N) is 1. The second kappa shape index (κ2) is 10.3. The number of pyridine rings is 2. The molecule has 0 bridgehead atoms. The SMILES string of the molecule is Cc1ccccc1.c1ccc(-c2cccnc2Nc2cc(-c3ccccn3)ns2)cc1. The van der Waals surface area contributed by atoms with Gasteiger partial charge in [0.1, 0.15) is 16.5 Å². The van der Waals surface area contributed by atoms with Gasteiger partial charge in [0, 0.05) is 24.0 Å². The van der Waals surface area contributed by atoms with Crippen LogP contribution >= 0.6 is 11.5 Å². The smallest absolute Gasteiger partial charge is 0.138 e. The largest absolute Gasteiger partial charge is 0.330 e. The molecule has 0 aliphatic carbocycles. The second-order valence-corrected chi connectivity index (χ2v) is 7.64. The summed E-state index contributed by atoms with van der Waals surface area (Å²) in [5.74, 6) is 0.819. The molecule has 0 fully saturated rings. The molecule has 0 aliphatic heterocycles. The average molecular weight is 423 g/mol. The van der Waals surface area contributed by atoms with E-state index < -0.39 is 0 Å². The summed E-state index contributed by atoms with van der Waals surface area (Å²) in [5.41, 5.74) is 5.24. The molecule has 0 atom stereocenters. The Bertz CT molecular complexity index is 1210. The average Bonchev–Trinajstić information content (AvgIpc) is 3.30. The van der Waals surface area contributed by atoms with Crippen molar-refractivity contribution in [2.24, 2.45) is 0 Å². The number of hydrogen-bond acceptors (Lipinski definition) is 5. The number of anilines is 2. The minimum Gasteiger partial charge on any atom is -0.330 e. The van der Waals surface area contributed by atoms with Gasteiger partial charge in [-0.2, -0.15) is 4.37 Å². The minimum absolute atomic E-state index is 0.819. The maximum absolute atomic E-state index is 4.48. The topological polar surface area (TPSA) is 50.7 Å². The zero-order chi connectivity index (χ0) is 21.3. The van der Waals surface area contributed by atoms with Crippen LogP contribution in [0.3, 0.4) is 0 Å². The minimum atomic E-state index is 0.819. The van der Waals surface area contributed by atoms with Crippen molar-refractivity contribution in [1.29, 1.82) is 0 Å². The van der Waals surface area contributed by atoms with Gasteiger partial charge in [0.2, 0.25) is 0 Å². The zero-order valence-electron chi connectivity index (χ0n) is 17.1. The lowest BCUT2D eigenvalue weighted by Crippen LogP contribution is -1.94. The van der Waals surface area contributed by atoms with Gasteiger partial charge in [0.15, 0.2) is 0 Å². The Morgan fingerprint density at radius 2 is 1.39 bits per heavy atom. The highest BCUT2D eigenvalue weighted by Crippen LogP contribution is 2.31. The molecule has 3 aromatic heterocycles. The summed E-state index contributed by atoms with van der Waals surface area (Å²) in [6.07, 6.45) is 3.56. The van der Waals surface area contributed by atoms with Crippen molar-refractivity contribution in [3.63, 3.8) is 0 Å². The lowest BCUT2D eigenvalue weighted by molar-refractivity contribution is 1.30. The second-order valence-electron chi connectivity index (χ2n) is 6.84. The Hall–Kier alpha value is -3.83. The number of aromatic nitrogens is 3. The van der Waals surface area contributed by atoms with Gasteiger partial charge >= 0.3 is 0 Å². The first-order valence-corrected chi connectivity index (χ1v) is 10.7. The van der Waals surface area contributed by atoms with Gasteiger partial charge < -0.3 is 5.32 Å². The van der Waals surface area contributed by atoms with Crippen molar-refractivity contribution in [1.82, 2.24) is 14.3 Å². The van der Waals surface area contributed by atoms with Gasteiger partial charge in [-0.25, -0.2) is 4.98 Å². The summed E-state index contributed by atoms with van der Waals surface area (Å²) in [7, 11) is 0. The molecule has 2 aromatic carbocycles. The first-order chi connectivity index (χ1) is 15.3. The van der Waals surface area contributed by atoms with Gasteiger partial charge in [0.25, 0.3) is 0 Å². The molecule has 152 valence electrons. The molecular formula is C26H22N4S. The van der Waals surface area contributed by atoms with E-state index in [-0.39, 0.29) is 0 Å². The van der Waals surface area contributed by atoms with Crippen LogP contribution in [0.25, 0.3) is 22.5 Å². The van der Waals surface area contributed by atoms with E-state index in [1.807, 2.05) is 66.7 Å². The highest BCUT2D eigenvalue weighted by atomic mass is 32.1. The van der Waals surface area contributed by atoms with Crippen LogP contribution in [0.15, 0.2) is 109 Å². The fourth-order valence-electron chi connectivity index (χ4n) is 2.98. The molecule has 0 spiro atoms. The third-order valence-electron chi connectivity index (χ3n) is 4.51. The van der Waals surface area contributed by atoms with Gasteiger partial charge in [0.05, 0.1) is 5.69 Å². The molecule has 0 saturated heterocycles. The molecule has 0 amide bonds. The molecule has 0 radical (unpaired) electrons. The molecule has 5 aromatic rings. The highest BCUT2D eigenvalue weighted by molar-refractivity contribution is 7.10. The van der Waals surface area contributed by atoms with E-state index in [4.69, 9.17) is 0 Å². The fraction of sp³-hybridized carbons (Fsp3) is 0.0385. The molecule has 5 heteroatoms. The highest BCUT2D eigenvalue weighted by Gasteiger charge is 2.09. The fourth-order valence-corrected chi connectivity index (χ4v) is 3.63. The normalized spacial score (nSPS) is 10.1. The summed E-state index contributed by atoms with van der Waals surface area (Å²) >= 11 is 1.40. The standard InChI is InChI=1S/C19H14N4S.C7H8/c1-2-7-14(8-3-1)15-9-6-12-21-19(15)22-18-13-17(23-24-18)16-10-4-5-11-20-16;1-7-5-3-2-4-6-7/h1-13H,(H,21,22);2-6H,1H3. The van der Waals surface area contributed by atoms with Crippen molar-refractivity contribution >= 4 is 22.4 Å². The number of hydrogen-bond donors (Lipinski definition) is 1. The zero-order valence-corrected chi connectivity index (χ0v) is 18.0. The van der Waals surface area contributed by atoms with Crippen LogP contribution in [-0.2, 0) is 0 Å². The third-order valence-corrected chi connectivity index (χ3v) is 5.22. The van der Waals surface area contributed by atoms with Gasteiger partial charge in [-0.05, 0) is 48.3 Å². The van der Waals surface area contributed by atoms with E-state index in [0.29, 0.717) is 0 Å². The Balaban J connectivity index is 0.000000282. The quantitative estimate of drug-likeness (QED) is 0.338. The van der Waals surface area contributed by atoms with E-state index in [0.717, 1.165) is 33.3 Å². The molecular weight excluding hydrogens is 400 g/mol. The third kappa shape index (κ3) is 5.62. The van der Waals surface area contributed by atoms with Gasteiger partial charge in [-0.1, -0.05) is 72.3 Å². The number of aryl methyl sites for hydroxylation is 1. The first kappa shape index (κ1) is 20.4. The Morgan fingerprint density at radius 1 is 0.677 bits per heavy atom. The summed E-state index contributed by atoms with van der Waals surface area (Å²) in [5, 5.41) is 4.31. The number of rotatable bonds is 4. The molecule has 1 N–H and O–H groups in total. The van der Waals surface area contributed by atoms with Crippen LogP contribution in [0, 0.1) is 6.92 Å². The van der Waals surface area contributed by atoms with Crippen molar-refractivity contribution in [3.8, 4) is 22.5 Å². The van der Waals surface area contributed by atoms with E-state index >= 15 is 0 Å². The summed E-state index contributed by atoms with van der Waals surface area (Å²) < 4.78 is 4.47. The summed E-state index contributed by atoms with van der Waals surface area (Å²) in [6.45, 7) is 2.08. The van der Waals surface area contributed by atoms with Crippen LogP contribution in [0.1, 0.15) is 5.56 Å². The number of nitrogens with zero attached hydrogens (tertiary/aromatic N) is 3. The summed E-state index contributed by atoms with van der Waals surface area (Å²) in [4.78, 5) is 8.82. The van der Waals surface area contributed by atoms with Gasteiger partial charge in [-0.3, -0.25) is 4.98 Å². The molecule has 0 unspecified atom stereocenters. The maximum atomic E-state index is 4.48. The van der Waals surface area contributed by atoms with Crippen LogP contribution in [0.4, 0.5) is 10.8 Å². The Kier molecular flexibility index (Phi) is 6.78. The van der Waals surface area contributed by atoms with Gasteiger partial charge in [-0.15, -0.1) is 0 Å². The van der Waals surface area contributed by atoms with Crippen molar-refractivity contribution in [2.75, 3.05) is 5.32 Å². The lowest BCUT2D eigenvalue weighted by atomic mass is 10.1. The predicted molar refractivity (Wildman–Crippen MR) is 129 cm³/mol. The molecule has 3 heterocycles. The van der Waals surface area contributed by atoms with Crippen LogP contribution in [0.5, 0.6) is 0 Å². The Morgan fingerprint density at radius 3 is 2.06 bits per heavy atom. The number of benzene rings is 2. The monoisotopic (exact) mass is 422 g/mol. The molecule has 31 heavy (non-hydrogen) atoms. The van der Waals surface area contributed by atoms with Crippen molar-refractivity contribution in [2.45, 2.75) is 6.92 Å². The van der Waals surface area contributed by atoms with Crippen molar-refractivity contribution < 1.29 is 0 Å². The van der Waals surface area contributed by atoms with E-state index in [1.54, 1.807) is 12.4 Å². The van der Waals surface area contributed by atoms with Crippen LogP contribution in [-0.4, -0.2) is 14.3 Å². The lowest BCUT2D eigenvalue weighted by Gasteiger charge is -2.09. The summed E-state index contributed by atoms with van der Waals surface area (Å²) in [6, 6.07) is 32.3. The molecule has 5 rings (SSSR count). The maximum Gasteiger partial charge on any atom is 0.138 e. The van der Waals surface area contributed by atoms with Crippen molar-refractivity contribution in [3.05, 3.63) is 115 Å². The molecule has 0 saturated carbocycles. The first-order valence-electron chi connectivity index (χ1n) is 9.97. The van der Waals surface area contributed by atoms with Crippen LogP contribution in [0.2, 0.25) is 0 Å². The van der Waals surface area contributed by atoms with E-state index in [2.05, 4.69) is 56.9 Å². The predicted octanol–water partition coefficient (Wildman–Crippen LogP) is 7.01. The molecule has 4 nitrogen and oxygen atoms in total. The molecule has 0 aliphatic rings.